The Morgan fingerprint density at radius 2 is 0.458 bits per heavy atom. The topological polar surface area (TPSA) is 0 Å². The van der Waals surface area contributed by atoms with Gasteiger partial charge in [0.25, 0.3) is 0 Å². The number of hydrogen-bond acceptors (Lipinski definition) is 0. The molecule has 24 heavy (non-hydrogen) atoms. The van der Waals surface area contributed by atoms with Crippen molar-refractivity contribution in [2.45, 2.75) is 35.5 Å². The summed E-state index contributed by atoms with van der Waals surface area (Å²) in [5.41, 5.74) is -27.1. The fourth-order valence-corrected chi connectivity index (χ4v) is 3.59. The van der Waals surface area contributed by atoms with Crippen LogP contribution in [0.25, 0.3) is 0 Å². The van der Waals surface area contributed by atoms with Crippen LogP contribution in [0.5, 0.6) is 0 Å². The van der Waals surface area contributed by atoms with E-state index in [-0.39, 0.29) is 0 Å². The monoisotopic (exact) mass is 426 g/mol. The number of halogens is 17. The molecule has 0 nitrogen and oxygen atoms in total. The summed E-state index contributed by atoms with van der Waals surface area (Å²) in [5, 5.41) is 0. The first-order chi connectivity index (χ1) is 9.82. The molecule has 0 N–H and O–H groups in total. The van der Waals surface area contributed by atoms with Crippen LogP contribution in [-0.4, -0.2) is 35.5 Å². The van der Waals surface area contributed by atoms with E-state index in [2.05, 4.69) is 0 Å². The van der Waals surface area contributed by atoms with Crippen LogP contribution >= 0.6 is 7.22 Å². The molecule has 0 aliphatic rings. The van der Waals surface area contributed by atoms with Crippen molar-refractivity contribution in [1.29, 1.82) is 0 Å². The van der Waals surface area contributed by atoms with Gasteiger partial charge in [0.1, 0.15) is 0 Å². The summed E-state index contributed by atoms with van der Waals surface area (Å²) >= 11 is 0. The average Bonchev–Trinajstić information content (AvgIpc) is 2.23. The fraction of sp³-hybridized carbons (Fsp3) is 1.00. The van der Waals surface area contributed by atoms with Gasteiger partial charge in [-0.3, -0.25) is 0 Å². The molecule has 0 aliphatic heterocycles. The molecule has 0 saturated heterocycles. The molecule has 0 bridgehead atoms. The van der Waals surface area contributed by atoms with Crippen molar-refractivity contribution in [1.82, 2.24) is 0 Å². The van der Waals surface area contributed by atoms with Gasteiger partial charge in [0.15, 0.2) is 0 Å². The Hall–Kier alpha value is -0.760. The molecule has 18 heteroatoms. The van der Waals surface area contributed by atoms with Crippen LogP contribution in [-0.2, 0) is 0 Å². The van der Waals surface area contributed by atoms with Crippen molar-refractivity contribution < 1.29 is 74.3 Å². The summed E-state index contributed by atoms with van der Waals surface area (Å²) < 4.78 is 209. The summed E-state index contributed by atoms with van der Waals surface area (Å²) in [6.45, 7) is 0. The van der Waals surface area contributed by atoms with Gasteiger partial charge in [0.2, 0.25) is 0 Å². The summed E-state index contributed by atoms with van der Waals surface area (Å²) in [6, 6.07) is 0. The normalized spacial score (nSPS) is 18.3. The predicted octanol–water partition coefficient (Wildman–Crippen LogP) is 6.77. The first-order valence-corrected chi connectivity index (χ1v) is 6.61. The minimum absolute atomic E-state index is 8.29. The Morgan fingerprint density at radius 3 is 0.542 bits per heavy atom. The third-order valence-electron chi connectivity index (χ3n) is 2.50. The SMILES string of the molecule is FC(F)(F)C(F)(F)P(F)(F)(C(F)(F)C(F)(F)F)C(F)(F)C(F)(F)F. The number of rotatable bonds is 3. The molecule has 0 radical (unpaired) electrons. The first-order valence-electron chi connectivity index (χ1n) is 4.59. The van der Waals surface area contributed by atoms with Crippen molar-refractivity contribution in [2.75, 3.05) is 0 Å². The zero-order chi connectivity index (χ0) is 20.4. The molecule has 0 heterocycles. The van der Waals surface area contributed by atoms with Gasteiger partial charge in [-0.2, -0.15) is 0 Å². The Morgan fingerprint density at radius 1 is 0.333 bits per heavy atom. The molecule has 0 saturated carbocycles. The molecule has 0 aromatic heterocycles. The quantitative estimate of drug-likeness (QED) is 0.345. The maximum absolute atomic E-state index is 13.4. The van der Waals surface area contributed by atoms with E-state index in [1.54, 1.807) is 0 Å². The molecule has 0 atom stereocenters. The van der Waals surface area contributed by atoms with Gasteiger partial charge >= 0.3 is 117 Å². The Balaban J connectivity index is 7.41. The van der Waals surface area contributed by atoms with Gasteiger partial charge in [0.05, 0.1) is 0 Å². The second-order valence-corrected chi connectivity index (χ2v) is 7.52. The van der Waals surface area contributed by atoms with Gasteiger partial charge in [-0.15, -0.1) is 0 Å². The van der Waals surface area contributed by atoms with Crippen LogP contribution < -0.4 is 0 Å². The summed E-state index contributed by atoms with van der Waals surface area (Å²) in [7, 11) is -12.7. The Bertz CT molecular complexity index is 415. The van der Waals surface area contributed by atoms with Crippen molar-refractivity contribution in [3.8, 4) is 0 Å². The summed E-state index contributed by atoms with van der Waals surface area (Å²) in [4.78, 5) is 0. The van der Waals surface area contributed by atoms with Crippen LogP contribution in [0, 0.1) is 0 Å². The molecule has 0 unspecified atom stereocenters. The minimum atomic E-state index is -12.7. The van der Waals surface area contributed by atoms with Gasteiger partial charge in [-0.05, 0) is 0 Å². The van der Waals surface area contributed by atoms with E-state index in [1.807, 2.05) is 0 Å². The van der Waals surface area contributed by atoms with Crippen molar-refractivity contribution in [3.63, 3.8) is 0 Å². The van der Waals surface area contributed by atoms with E-state index < -0.39 is 42.7 Å². The fourth-order valence-electron chi connectivity index (χ4n) is 1.20. The van der Waals surface area contributed by atoms with Crippen LogP contribution in [0.15, 0.2) is 0 Å². The van der Waals surface area contributed by atoms with E-state index in [1.165, 1.54) is 0 Å². The molecule has 0 aromatic rings. The molecule has 0 fully saturated rings. The van der Waals surface area contributed by atoms with E-state index in [9.17, 15) is 74.3 Å². The van der Waals surface area contributed by atoms with Gasteiger partial charge in [0, 0.05) is 0 Å². The van der Waals surface area contributed by atoms with Gasteiger partial charge < -0.3 is 0 Å². The van der Waals surface area contributed by atoms with Crippen molar-refractivity contribution >= 4 is 7.22 Å². The van der Waals surface area contributed by atoms with E-state index in [0.717, 1.165) is 0 Å². The number of alkyl halides is 15. The Labute approximate surface area is 118 Å². The molecule has 0 rings (SSSR count). The Kier molecular flexibility index (Phi) is 4.75. The maximum atomic E-state index is 13.4. The van der Waals surface area contributed by atoms with E-state index in [0.29, 0.717) is 0 Å². The predicted molar refractivity (Wildman–Crippen MR) is 42.1 cm³/mol. The zero-order valence-electron chi connectivity index (χ0n) is 9.87. The van der Waals surface area contributed by atoms with Gasteiger partial charge in [-0.1, -0.05) is 0 Å². The number of hydrogen-bond donors (Lipinski definition) is 0. The van der Waals surface area contributed by atoms with E-state index >= 15 is 0 Å². The third-order valence-corrected chi connectivity index (χ3v) is 6.22. The molecular weight excluding hydrogens is 426 g/mol. The van der Waals surface area contributed by atoms with Crippen molar-refractivity contribution in [3.05, 3.63) is 0 Å². The van der Waals surface area contributed by atoms with Crippen LogP contribution in [0.3, 0.4) is 0 Å². The first kappa shape index (κ1) is 23.2. The van der Waals surface area contributed by atoms with Gasteiger partial charge in [-0.25, -0.2) is 0 Å². The second-order valence-electron chi connectivity index (χ2n) is 4.02. The standard InChI is InChI=1S/C6F17P/c7-1(8,9)4(16,17)24(22,23,5(18,19)2(10,11)12)6(20,21)3(13,14)15. The van der Waals surface area contributed by atoms with Crippen LogP contribution in [0.2, 0.25) is 0 Å². The average molecular weight is 426 g/mol. The zero-order valence-corrected chi connectivity index (χ0v) is 10.8. The van der Waals surface area contributed by atoms with Crippen LogP contribution in [0.1, 0.15) is 0 Å². The van der Waals surface area contributed by atoms with Crippen molar-refractivity contribution in [2.24, 2.45) is 0 Å². The molecule has 0 aliphatic carbocycles. The summed E-state index contributed by atoms with van der Waals surface area (Å²) in [5.74, 6) is 0. The molecule has 0 amide bonds. The third kappa shape index (κ3) is 2.25. The molecule has 0 aromatic carbocycles. The second kappa shape index (κ2) is 4.90. The molecular formula is C6F17P. The van der Waals surface area contributed by atoms with Crippen LogP contribution in [0.4, 0.5) is 74.3 Å². The van der Waals surface area contributed by atoms with E-state index in [4.69, 9.17) is 0 Å². The summed E-state index contributed by atoms with van der Waals surface area (Å²) in [6.07, 6.45) is -24.9. The molecule has 0 spiro atoms. The molecule has 148 valence electrons.